The number of hydrogen-bond acceptors (Lipinski definition) is 3. The first-order valence-corrected chi connectivity index (χ1v) is 8.85. The van der Waals surface area contributed by atoms with Crippen molar-refractivity contribution < 1.29 is 18.3 Å². The van der Waals surface area contributed by atoms with Crippen LogP contribution in [0.25, 0.3) is 0 Å². The molecule has 1 aromatic rings. The van der Waals surface area contributed by atoms with E-state index in [1.807, 2.05) is 30.3 Å². The molecule has 1 saturated carbocycles. The zero-order chi connectivity index (χ0) is 15.3. The Bertz CT molecular complexity index is 565. The molecule has 0 unspecified atom stereocenters. The van der Waals surface area contributed by atoms with E-state index in [1.54, 1.807) is 0 Å². The van der Waals surface area contributed by atoms with Crippen LogP contribution in [0.1, 0.15) is 31.2 Å². The predicted octanol–water partition coefficient (Wildman–Crippen LogP) is 1.89. The van der Waals surface area contributed by atoms with Crippen LogP contribution in [0.4, 0.5) is 0 Å². The van der Waals surface area contributed by atoms with Gasteiger partial charge < -0.3 is 5.11 Å². The van der Waals surface area contributed by atoms with E-state index in [1.165, 1.54) is 4.31 Å². The van der Waals surface area contributed by atoms with Gasteiger partial charge in [-0.25, -0.2) is 8.42 Å². The number of carboxylic acids is 1. The molecule has 6 heteroatoms. The van der Waals surface area contributed by atoms with Gasteiger partial charge in [0.2, 0.25) is 10.0 Å². The molecule has 0 heterocycles. The molecule has 0 amide bonds. The number of carboxylic acid groups (broad SMARTS) is 1. The molecular weight excluding hydrogens is 290 g/mol. The second-order valence-electron chi connectivity index (χ2n) is 5.43. The van der Waals surface area contributed by atoms with Crippen molar-refractivity contribution in [3.63, 3.8) is 0 Å². The molecule has 0 bridgehead atoms. The van der Waals surface area contributed by atoms with Crippen LogP contribution in [0.3, 0.4) is 0 Å². The van der Waals surface area contributed by atoms with Crippen molar-refractivity contribution in [2.75, 3.05) is 12.3 Å². The van der Waals surface area contributed by atoms with E-state index in [0.29, 0.717) is 6.42 Å². The molecule has 1 N–H and O–H groups in total. The first-order valence-electron chi connectivity index (χ1n) is 7.24. The summed E-state index contributed by atoms with van der Waals surface area (Å²) in [6, 6.07) is 9.23. The molecule has 0 spiro atoms. The summed E-state index contributed by atoms with van der Waals surface area (Å²) in [6.45, 7) is -0.429. The fraction of sp³-hybridized carbons (Fsp3) is 0.533. The second-order valence-corrected chi connectivity index (χ2v) is 7.47. The van der Waals surface area contributed by atoms with Gasteiger partial charge in [-0.05, 0) is 24.8 Å². The standard InChI is InChI=1S/C15H21NO4S/c17-15(18)12-16(14-8-4-5-9-14)21(19,20)11-10-13-6-2-1-3-7-13/h1-3,6-7,14H,4-5,8-12H2,(H,17,18). The Morgan fingerprint density at radius 3 is 2.38 bits per heavy atom. The molecule has 1 fully saturated rings. The Labute approximate surface area is 125 Å². The van der Waals surface area contributed by atoms with Crippen LogP contribution in [-0.2, 0) is 21.2 Å². The van der Waals surface area contributed by atoms with Gasteiger partial charge >= 0.3 is 5.97 Å². The van der Waals surface area contributed by atoms with Crippen molar-refractivity contribution in [1.82, 2.24) is 4.31 Å². The number of rotatable bonds is 7. The highest BCUT2D eigenvalue weighted by Gasteiger charge is 2.33. The molecule has 1 aliphatic carbocycles. The van der Waals surface area contributed by atoms with Crippen LogP contribution in [0.5, 0.6) is 0 Å². The van der Waals surface area contributed by atoms with Crippen molar-refractivity contribution in [2.24, 2.45) is 0 Å². The van der Waals surface area contributed by atoms with Crippen LogP contribution >= 0.6 is 0 Å². The van der Waals surface area contributed by atoms with Crippen LogP contribution < -0.4 is 0 Å². The van der Waals surface area contributed by atoms with Crippen LogP contribution in [0, 0.1) is 0 Å². The Kier molecular flexibility index (Phi) is 5.36. The lowest BCUT2D eigenvalue weighted by atomic mass is 10.2. The van der Waals surface area contributed by atoms with Crippen molar-refractivity contribution in [1.29, 1.82) is 0 Å². The van der Waals surface area contributed by atoms with E-state index >= 15 is 0 Å². The molecule has 0 saturated heterocycles. The van der Waals surface area contributed by atoms with Gasteiger partial charge in [0.15, 0.2) is 0 Å². The predicted molar refractivity (Wildman–Crippen MR) is 80.5 cm³/mol. The molecule has 116 valence electrons. The Morgan fingerprint density at radius 2 is 1.81 bits per heavy atom. The maximum absolute atomic E-state index is 12.5. The van der Waals surface area contributed by atoms with E-state index in [-0.39, 0.29) is 11.8 Å². The summed E-state index contributed by atoms with van der Waals surface area (Å²) in [5.74, 6) is -1.13. The lowest BCUT2D eigenvalue weighted by Crippen LogP contribution is -2.43. The summed E-state index contributed by atoms with van der Waals surface area (Å²) in [5.41, 5.74) is 0.947. The minimum Gasteiger partial charge on any atom is -0.480 e. The number of hydrogen-bond donors (Lipinski definition) is 1. The quantitative estimate of drug-likeness (QED) is 0.834. The Morgan fingerprint density at radius 1 is 1.19 bits per heavy atom. The third-order valence-electron chi connectivity index (χ3n) is 3.87. The summed E-state index contributed by atoms with van der Waals surface area (Å²) >= 11 is 0. The molecule has 1 aliphatic rings. The third-order valence-corrected chi connectivity index (χ3v) is 5.73. The first-order chi connectivity index (χ1) is 9.99. The van der Waals surface area contributed by atoms with Gasteiger partial charge in [-0.1, -0.05) is 43.2 Å². The molecular formula is C15H21NO4S. The highest BCUT2D eigenvalue weighted by molar-refractivity contribution is 7.89. The molecule has 2 rings (SSSR count). The van der Waals surface area contributed by atoms with Crippen LogP contribution in [-0.4, -0.2) is 42.1 Å². The zero-order valence-electron chi connectivity index (χ0n) is 11.9. The van der Waals surface area contributed by atoms with Crippen molar-refractivity contribution >= 4 is 16.0 Å². The van der Waals surface area contributed by atoms with E-state index in [2.05, 4.69) is 0 Å². The van der Waals surface area contributed by atoms with Gasteiger partial charge in [-0.2, -0.15) is 4.31 Å². The maximum Gasteiger partial charge on any atom is 0.318 e. The minimum atomic E-state index is -3.55. The van der Waals surface area contributed by atoms with Gasteiger partial charge in [0.25, 0.3) is 0 Å². The first kappa shape index (κ1) is 16.0. The van der Waals surface area contributed by atoms with E-state index in [0.717, 1.165) is 31.2 Å². The molecule has 1 aromatic carbocycles. The highest BCUT2D eigenvalue weighted by atomic mass is 32.2. The van der Waals surface area contributed by atoms with Crippen molar-refractivity contribution in [3.8, 4) is 0 Å². The summed E-state index contributed by atoms with van der Waals surface area (Å²) in [7, 11) is -3.55. The van der Waals surface area contributed by atoms with Crippen LogP contribution in [0.2, 0.25) is 0 Å². The molecule has 21 heavy (non-hydrogen) atoms. The summed E-state index contributed by atoms with van der Waals surface area (Å²) < 4.78 is 26.2. The number of carbonyl (C=O) groups is 1. The fourth-order valence-corrected chi connectivity index (χ4v) is 4.49. The summed E-state index contributed by atoms with van der Waals surface area (Å²) in [4.78, 5) is 11.0. The van der Waals surface area contributed by atoms with Gasteiger partial charge in [0.1, 0.15) is 6.54 Å². The molecule has 0 aromatic heterocycles. The largest absolute Gasteiger partial charge is 0.480 e. The molecule has 0 atom stereocenters. The van der Waals surface area contributed by atoms with E-state index < -0.39 is 22.5 Å². The SMILES string of the molecule is O=C(O)CN(C1CCCC1)S(=O)(=O)CCc1ccccc1. The lowest BCUT2D eigenvalue weighted by Gasteiger charge is -2.26. The number of aryl methyl sites for hydroxylation is 1. The van der Waals surface area contributed by atoms with Crippen LogP contribution in [0.15, 0.2) is 30.3 Å². The maximum atomic E-state index is 12.5. The van der Waals surface area contributed by atoms with Crippen molar-refractivity contribution in [3.05, 3.63) is 35.9 Å². The Hall–Kier alpha value is -1.40. The normalized spacial score (nSPS) is 16.4. The van der Waals surface area contributed by atoms with Gasteiger partial charge in [-0.15, -0.1) is 0 Å². The molecule has 0 radical (unpaired) electrons. The minimum absolute atomic E-state index is 0.0409. The van der Waals surface area contributed by atoms with Gasteiger partial charge in [0.05, 0.1) is 5.75 Å². The Balaban J connectivity index is 2.07. The number of aliphatic carboxylic acids is 1. The number of benzene rings is 1. The summed E-state index contributed by atoms with van der Waals surface area (Å²) in [5, 5.41) is 8.99. The van der Waals surface area contributed by atoms with Gasteiger partial charge in [0, 0.05) is 6.04 Å². The highest BCUT2D eigenvalue weighted by Crippen LogP contribution is 2.26. The average Bonchev–Trinajstić information content (AvgIpc) is 2.97. The topological polar surface area (TPSA) is 74.7 Å². The fourth-order valence-electron chi connectivity index (χ4n) is 2.79. The average molecular weight is 311 g/mol. The van der Waals surface area contributed by atoms with Gasteiger partial charge in [-0.3, -0.25) is 4.79 Å². The third kappa shape index (κ3) is 4.54. The molecule has 5 nitrogen and oxygen atoms in total. The smallest absolute Gasteiger partial charge is 0.318 e. The summed E-state index contributed by atoms with van der Waals surface area (Å²) in [6.07, 6.45) is 3.87. The van der Waals surface area contributed by atoms with Crippen molar-refractivity contribution in [2.45, 2.75) is 38.1 Å². The number of sulfonamides is 1. The van der Waals surface area contributed by atoms with E-state index in [4.69, 9.17) is 5.11 Å². The van der Waals surface area contributed by atoms with E-state index in [9.17, 15) is 13.2 Å². The molecule has 0 aliphatic heterocycles. The lowest BCUT2D eigenvalue weighted by molar-refractivity contribution is -0.137. The monoisotopic (exact) mass is 311 g/mol. The zero-order valence-corrected chi connectivity index (χ0v) is 12.8. The second kappa shape index (κ2) is 7.04. The number of nitrogens with zero attached hydrogens (tertiary/aromatic N) is 1.